The Hall–Kier alpha value is -2.87. The molecular weight excluding hydrogens is 545 g/mol. The highest BCUT2D eigenvalue weighted by Gasteiger charge is 2.42. The van der Waals surface area contributed by atoms with Gasteiger partial charge in [-0.2, -0.15) is 13.2 Å². The smallest absolute Gasteiger partial charge is 0.386 e. The van der Waals surface area contributed by atoms with Crippen LogP contribution in [0.3, 0.4) is 0 Å². The van der Waals surface area contributed by atoms with Gasteiger partial charge in [0.25, 0.3) is 18.2 Å². The molecule has 2 amide bonds. The first-order valence-corrected chi connectivity index (χ1v) is 13.5. The van der Waals surface area contributed by atoms with Crippen molar-refractivity contribution in [2.45, 2.75) is 76.7 Å². The lowest BCUT2D eigenvalue weighted by Crippen LogP contribution is -2.61. The van der Waals surface area contributed by atoms with Crippen LogP contribution in [0.5, 0.6) is 0 Å². The number of pyridine rings is 1. The number of halogens is 5. The number of hydrogen-bond acceptors (Lipinski definition) is 7. The van der Waals surface area contributed by atoms with Crippen LogP contribution < -0.4 is 5.32 Å². The number of carbonyl (C=O) groups is 2. The number of thiazole rings is 1. The Kier molecular flexibility index (Phi) is 8.18. The first kappa shape index (κ1) is 29.1. The van der Waals surface area contributed by atoms with Gasteiger partial charge in [0, 0.05) is 29.4 Å². The standard InChI is InChI=1S/C25H30F5N5O3S/c1-4-5-14-7-6-13(2)35(14)22(36)18-19(39-21(33-18)23(37)34-11-24(3,38)12-34)16-9-31-17(8-15(16)20(26)27)32-10-25(28,29)30/h8-9,13-14,20,38H,4-7,10-12H2,1-3H3,(H,31,32). The molecular formula is C25H30F5N5O3S. The summed E-state index contributed by atoms with van der Waals surface area (Å²) in [6, 6.07) is 0.611. The van der Waals surface area contributed by atoms with Gasteiger partial charge in [-0.1, -0.05) is 13.3 Å². The van der Waals surface area contributed by atoms with Gasteiger partial charge in [-0.25, -0.2) is 18.7 Å². The van der Waals surface area contributed by atoms with E-state index in [9.17, 15) is 36.6 Å². The number of hydrogen-bond donors (Lipinski definition) is 2. The Labute approximate surface area is 226 Å². The first-order valence-electron chi connectivity index (χ1n) is 12.6. The quantitative estimate of drug-likeness (QED) is 0.425. The van der Waals surface area contributed by atoms with E-state index in [1.165, 1.54) is 4.90 Å². The number of aromatic nitrogens is 2. The van der Waals surface area contributed by atoms with Gasteiger partial charge in [0.15, 0.2) is 5.01 Å². The van der Waals surface area contributed by atoms with Crippen LogP contribution in [0.1, 0.15) is 78.7 Å². The summed E-state index contributed by atoms with van der Waals surface area (Å²) in [6.07, 6.45) is -3.61. The summed E-state index contributed by atoms with van der Waals surface area (Å²) in [5.41, 5.74) is -2.06. The van der Waals surface area contributed by atoms with E-state index >= 15 is 0 Å². The molecule has 2 fully saturated rings. The van der Waals surface area contributed by atoms with Gasteiger partial charge in [0.05, 0.1) is 23.6 Å². The van der Waals surface area contributed by atoms with Crippen LogP contribution in [0, 0.1) is 0 Å². The van der Waals surface area contributed by atoms with Gasteiger partial charge in [-0.05, 0) is 39.2 Å². The molecule has 2 unspecified atom stereocenters. The molecule has 2 atom stereocenters. The van der Waals surface area contributed by atoms with Crippen molar-refractivity contribution in [1.29, 1.82) is 0 Å². The fraction of sp³-hybridized carbons (Fsp3) is 0.600. The summed E-state index contributed by atoms with van der Waals surface area (Å²) in [5.74, 6) is -1.46. The highest BCUT2D eigenvalue weighted by molar-refractivity contribution is 7.17. The van der Waals surface area contributed by atoms with Crippen molar-refractivity contribution in [1.82, 2.24) is 19.8 Å². The Balaban J connectivity index is 1.77. The SMILES string of the molecule is CCCC1CCC(C)N1C(=O)c1nc(C(=O)N2CC(C)(O)C2)sc1-c1cnc(NCC(F)(F)F)cc1C(F)F. The van der Waals surface area contributed by atoms with Crippen LogP contribution in [0.4, 0.5) is 27.8 Å². The summed E-state index contributed by atoms with van der Waals surface area (Å²) in [7, 11) is 0. The third kappa shape index (κ3) is 6.32. The molecule has 2 aliphatic heterocycles. The van der Waals surface area contributed by atoms with Crippen LogP contribution in [0.15, 0.2) is 12.3 Å². The van der Waals surface area contributed by atoms with Crippen molar-refractivity contribution >= 4 is 29.0 Å². The first-order chi connectivity index (χ1) is 18.2. The zero-order valence-corrected chi connectivity index (χ0v) is 22.5. The maximum absolute atomic E-state index is 14.2. The number of β-amino-alcohol motifs (C(OH)–C–C–N with tert-alkyl or cyclic N) is 1. The van der Waals surface area contributed by atoms with E-state index in [1.54, 1.807) is 11.8 Å². The van der Waals surface area contributed by atoms with Crippen LogP contribution in [-0.2, 0) is 0 Å². The van der Waals surface area contributed by atoms with E-state index in [-0.39, 0.29) is 46.3 Å². The number of rotatable bonds is 8. The molecule has 4 heterocycles. The van der Waals surface area contributed by atoms with Crippen LogP contribution in [-0.4, -0.2) is 80.2 Å². The van der Waals surface area contributed by atoms with Crippen LogP contribution >= 0.6 is 11.3 Å². The highest BCUT2D eigenvalue weighted by Crippen LogP contribution is 2.40. The lowest BCUT2D eigenvalue weighted by atomic mass is 9.97. The number of amides is 2. The minimum absolute atomic E-state index is 0.00449. The van der Waals surface area contributed by atoms with Crippen molar-refractivity contribution in [3.8, 4) is 10.4 Å². The molecule has 2 aromatic rings. The molecule has 0 radical (unpaired) electrons. The topological polar surface area (TPSA) is 98.7 Å². The van der Waals surface area contributed by atoms with Crippen LogP contribution in [0.25, 0.3) is 10.4 Å². The Morgan fingerprint density at radius 3 is 2.54 bits per heavy atom. The number of anilines is 1. The third-order valence-corrected chi connectivity index (χ3v) is 7.97. The molecule has 2 N–H and O–H groups in total. The molecule has 0 aliphatic carbocycles. The van der Waals surface area contributed by atoms with Gasteiger partial charge in [0.1, 0.15) is 18.1 Å². The molecule has 39 heavy (non-hydrogen) atoms. The molecule has 0 bridgehead atoms. The monoisotopic (exact) mass is 575 g/mol. The number of nitrogens with one attached hydrogen (secondary N) is 1. The number of alkyl halides is 5. The van der Waals surface area contributed by atoms with E-state index in [2.05, 4.69) is 9.97 Å². The van der Waals surface area contributed by atoms with Crippen molar-refractivity contribution in [2.75, 3.05) is 25.0 Å². The molecule has 214 valence electrons. The summed E-state index contributed by atoms with van der Waals surface area (Å²) >= 11 is 0.751. The lowest BCUT2D eigenvalue weighted by Gasteiger charge is -2.43. The Bertz CT molecular complexity index is 1230. The molecule has 14 heteroatoms. The zero-order chi connectivity index (χ0) is 28.7. The molecule has 0 aromatic carbocycles. The van der Waals surface area contributed by atoms with Gasteiger partial charge in [-0.15, -0.1) is 11.3 Å². The maximum atomic E-state index is 14.2. The number of nitrogens with zero attached hydrogens (tertiary/aromatic N) is 4. The van der Waals surface area contributed by atoms with Crippen LogP contribution in [0.2, 0.25) is 0 Å². The number of likely N-dealkylation sites (tertiary alicyclic amines) is 2. The molecule has 4 rings (SSSR count). The molecule has 2 aliphatic rings. The van der Waals surface area contributed by atoms with Crippen molar-refractivity contribution in [2.24, 2.45) is 0 Å². The average Bonchev–Trinajstić information content (AvgIpc) is 3.44. The Morgan fingerprint density at radius 2 is 1.95 bits per heavy atom. The van der Waals surface area contributed by atoms with Gasteiger partial charge < -0.3 is 20.2 Å². The summed E-state index contributed by atoms with van der Waals surface area (Å²) < 4.78 is 66.3. The minimum Gasteiger partial charge on any atom is -0.386 e. The second-order valence-corrected chi connectivity index (χ2v) is 11.4. The second kappa shape index (κ2) is 11.0. The minimum atomic E-state index is -4.58. The maximum Gasteiger partial charge on any atom is 0.405 e. The summed E-state index contributed by atoms with van der Waals surface area (Å²) in [6.45, 7) is 4.09. The van der Waals surface area contributed by atoms with E-state index in [0.29, 0.717) is 0 Å². The fourth-order valence-electron chi connectivity index (χ4n) is 5.10. The largest absolute Gasteiger partial charge is 0.405 e. The van der Waals surface area contributed by atoms with Crippen molar-refractivity contribution in [3.05, 3.63) is 28.5 Å². The van der Waals surface area contributed by atoms with Gasteiger partial charge in [0.2, 0.25) is 0 Å². The normalized spacial score (nSPS) is 20.9. The fourth-order valence-corrected chi connectivity index (χ4v) is 6.16. The van der Waals surface area contributed by atoms with Crippen molar-refractivity contribution < 1.29 is 36.6 Å². The lowest BCUT2D eigenvalue weighted by molar-refractivity contribution is -0.115. The summed E-state index contributed by atoms with van der Waals surface area (Å²) in [5, 5.41) is 11.9. The molecule has 8 nitrogen and oxygen atoms in total. The average molecular weight is 576 g/mol. The number of aliphatic hydroxyl groups is 1. The van der Waals surface area contributed by atoms with E-state index < -0.39 is 47.9 Å². The van der Waals surface area contributed by atoms with E-state index in [1.807, 2.05) is 19.2 Å². The molecule has 0 saturated carbocycles. The van der Waals surface area contributed by atoms with Crippen molar-refractivity contribution in [3.63, 3.8) is 0 Å². The highest BCUT2D eigenvalue weighted by atomic mass is 32.1. The Morgan fingerprint density at radius 1 is 1.26 bits per heavy atom. The van der Waals surface area contributed by atoms with E-state index in [0.717, 1.165) is 49.3 Å². The predicted molar refractivity (Wildman–Crippen MR) is 135 cm³/mol. The van der Waals surface area contributed by atoms with Gasteiger partial charge in [-0.3, -0.25) is 9.59 Å². The molecule has 2 saturated heterocycles. The predicted octanol–water partition coefficient (Wildman–Crippen LogP) is 5.12. The zero-order valence-electron chi connectivity index (χ0n) is 21.7. The summed E-state index contributed by atoms with van der Waals surface area (Å²) in [4.78, 5) is 38.2. The van der Waals surface area contributed by atoms with E-state index in [4.69, 9.17) is 0 Å². The number of carbonyl (C=O) groups excluding carboxylic acids is 2. The molecule has 0 spiro atoms. The second-order valence-electron chi connectivity index (χ2n) is 10.4. The van der Waals surface area contributed by atoms with Gasteiger partial charge >= 0.3 is 6.18 Å². The molecule has 2 aromatic heterocycles. The third-order valence-electron chi connectivity index (χ3n) is 6.89.